The maximum Gasteiger partial charge on any atom is 0.337 e. The lowest BCUT2D eigenvalue weighted by molar-refractivity contribution is 0.0697. The molecule has 2 aromatic rings. The van der Waals surface area contributed by atoms with Crippen LogP contribution in [-0.2, 0) is 6.54 Å². The van der Waals surface area contributed by atoms with Gasteiger partial charge in [0.2, 0.25) is 0 Å². The molecule has 3 rings (SSSR count). The largest absolute Gasteiger partial charge is 0.478 e. The van der Waals surface area contributed by atoms with Crippen LogP contribution in [0.3, 0.4) is 0 Å². The number of anilines is 1. The van der Waals surface area contributed by atoms with E-state index >= 15 is 0 Å². The van der Waals surface area contributed by atoms with Crippen LogP contribution in [0.15, 0.2) is 35.0 Å². The number of para-hydroxylation sites is 1. The highest BCUT2D eigenvalue weighted by molar-refractivity contribution is 7.07. The zero-order valence-electron chi connectivity index (χ0n) is 11.4. The summed E-state index contributed by atoms with van der Waals surface area (Å²) in [5.41, 5.74) is 3.58. The first-order valence-corrected chi connectivity index (χ1v) is 7.71. The maximum absolute atomic E-state index is 11.5. The summed E-state index contributed by atoms with van der Waals surface area (Å²) in [6, 6.07) is 8.10. The predicted molar refractivity (Wildman–Crippen MR) is 81.7 cm³/mol. The Labute approximate surface area is 122 Å². The monoisotopic (exact) mass is 287 g/mol. The molecule has 4 heteroatoms. The van der Waals surface area contributed by atoms with Gasteiger partial charge in [-0.05, 0) is 53.8 Å². The summed E-state index contributed by atoms with van der Waals surface area (Å²) < 4.78 is 0. The molecule has 1 aromatic heterocycles. The van der Waals surface area contributed by atoms with Crippen molar-refractivity contribution < 1.29 is 9.90 Å². The van der Waals surface area contributed by atoms with Crippen molar-refractivity contribution in [3.63, 3.8) is 0 Å². The minimum atomic E-state index is -0.848. The Morgan fingerprint density at radius 1 is 1.40 bits per heavy atom. The SMILES string of the molecule is Cc1cccc(C(=O)O)c1N(Cc1ccsc1)C1CC1. The van der Waals surface area contributed by atoms with E-state index in [0.717, 1.165) is 30.6 Å². The van der Waals surface area contributed by atoms with Gasteiger partial charge in [-0.25, -0.2) is 4.79 Å². The van der Waals surface area contributed by atoms with E-state index in [4.69, 9.17) is 0 Å². The molecule has 20 heavy (non-hydrogen) atoms. The van der Waals surface area contributed by atoms with Crippen molar-refractivity contribution in [2.75, 3.05) is 4.90 Å². The van der Waals surface area contributed by atoms with Crippen LogP contribution in [0.25, 0.3) is 0 Å². The Morgan fingerprint density at radius 3 is 2.80 bits per heavy atom. The van der Waals surface area contributed by atoms with Gasteiger partial charge < -0.3 is 10.0 Å². The van der Waals surface area contributed by atoms with Gasteiger partial charge in [0.25, 0.3) is 0 Å². The van der Waals surface area contributed by atoms with Crippen LogP contribution in [-0.4, -0.2) is 17.1 Å². The van der Waals surface area contributed by atoms with Crippen molar-refractivity contribution in [3.8, 4) is 0 Å². The van der Waals surface area contributed by atoms with Crippen molar-refractivity contribution >= 4 is 23.0 Å². The quantitative estimate of drug-likeness (QED) is 0.906. The van der Waals surface area contributed by atoms with Gasteiger partial charge in [-0.2, -0.15) is 11.3 Å². The summed E-state index contributed by atoms with van der Waals surface area (Å²) in [6.45, 7) is 2.78. The molecule has 1 aliphatic carbocycles. The van der Waals surface area contributed by atoms with Gasteiger partial charge in [0.05, 0.1) is 11.3 Å². The number of aromatic carboxylic acids is 1. The van der Waals surface area contributed by atoms with Crippen molar-refractivity contribution in [1.29, 1.82) is 0 Å². The molecule has 0 bridgehead atoms. The Bertz CT molecular complexity index is 617. The van der Waals surface area contributed by atoms with Gasteiger partial charge in [-0.1, -0.05) is 12.1 Å². The highest BCUT2D eigenvalue weighted by atomic mass is 32.1. The van der Waals surface area contributed by atoms with Gasteiger partial charge in [0, 0.05) is 12.6 Å². The first-order chi connectivity index (χ1) is 9.66. The zero-order valence-corrected chi connectivity index (χ0v) is 12.2. The summed E-state index contributed by atoms with van der Waals surface area (Å²) in [7, 11) is 0. The molecular formula is C16H17NO2S. The highest BCUT2D eigenvalue weighted by Crippen LogP contribution is 2.37. The number of thiophene rings is 1. The van der Waals surface area contributed by atoms with Crippen LogP contribution in [0.5, 0.6) is 0 Å². The topological polar surface area (TPSA) is 40.5 Å². The van der Waals surface area contributed by atoms with E-state index in [0.29, 0.717) is 11.6 Å². The van der Waals surface area contributed by atoms with Crippen LogP contribution in [0.1, 0.15) is 34.3 Å². The third kappa shape index (κ3) is 2.56. The number of hydrogen-bond acceptors (Lipinski definition) is 3. The van der Waals surface area contributed by atoms with Crippen LogP contribution < -0.4 is 4.90 Å². The Balaban J connectivity index is 2.01. The molecule has 0 saturated heterocycles. The third-order valence-corrected chi connectivity index (χ3v) is 4.41. The van der Waals surface area contributed by atoms with Gasteiger partial charge in [-0.15, -0.1) is 0 Å². The normalized spacial score (nSPS) is 14.2. The van der Waals surface area contributed by atoms with Crippen LogP contribution >= 0.6 is 11.3 Å². The number of nitrogens with zero attached hydrogens (tertiary/aromatic N) is 1. The smallest absolute Gasteiger partial charge is 0.337 e. The van der Waals surface area contributed by atoms with E-state index in [-0.39, 0.29) is 0 Å². The van der Waals surface area contributed by atoms with Gasteiger partial charge in [0.1, 0.15) is 0 Å². The average molecular weight is 287 g/mol. The Morgan fingerprint density at radius 2 is 2.20 bits per heavy atom. The van der Waals surface area contributed by atoms with Crippen LogP contribution in [0, 0.1) is 6.92 Å². The molecule has 1 saturated carbocycles. The second kappa shape index (κ2) is 5.29. The standard InChI is InChI=1S/C16H17NO2S/c1-11-3-2-4-14(16(18)19)15(11)17(13-5-6-13)9-12-7-8-20-10-12/h2-4,7-8,10,13H,5-6,9H2,1H3,(H,18,19). The molecular weight excluding hydrogens is 270 g/mol. The lowest BCUT2D eigenvalue weighted by atomic mass is 10.1. The number of carboxylic acid groups (broad SMARTS) is 1. The van der Waals surface area contributed by atoms with Crippen LogP contribution in [0.2, 0.25) is 0 Å². The van der Waals surface area contributed by atoms with Crippen molar-refractivity contribution in [2.45, 2.75) is 32.4 Å². The Hall–Kier alpha value is -1.81. The minimum absolute atomic E-state index is 0.409. The summed E-state index contributed by atoms with van der Waals surface area (Å²) in [6.07, 6.45) is 2.30. The molecule has 1 heterocycles. The summed E-state index contributed by atoms with van der Waals surface area (Å²) >= 11 is 1.68. The number of rotatable bonds is 5. The minimum Gasteiger partial charge on any atom is -0.478 e. The molecule has 1 aliphatic rings. The molecule has 1 N–H and O–H groups in total. The number of hydrogen-bond donors (Lipinski definition) is 1. The van der Waals surface area contributed by atoms with Crippen LogP contribution in [0.4, 0.5) is 5.69 Å². The number of benzene rings is 1. The summed E-state index contributed by atoms with van der Waals surface area (Å²) in [5.74, 6) is -0.848. The van der Waals surface area contributed by atoms with Crippen molar-refractivity contribution in [3.05, 3.63) is 51.7 Å². The number of aryl methyl sites for hydroxylation is 1. The molecule has 3 nitrogen and oxygen atoms in total. The molecule has 0 amide bonds. The second-order valence-electron chi connectivity index (χ2n) is 5.27. The molecule has 0 atom stereocenters. The van der Waals surface area contributed by atoms with Crippen molar-refractivity contribution in [1.82, 2.24) is 0 Å². The molecule has 0 unspecified atom stereocenters. The first kappa shape index (κ1) is 13.2. The molecule has 0 aliphatic heterocycles. The molecule has 0 spiro atoms. The average Bonchev–Trinajstić information content (AvgIpc) is 3.13. The second-order valence-corrected chi connectivity index (χ2v) is 6.05. The van der Waals surface area contributed by atoms with E-state index < -0.39 is 5.97 Å². The lowest BCUT2D eigenvalue weighted by Crippen LogP contribution is -2.27. The van der Waals surface area contributed by atoms with Gasteiger partial charge in [0.15, 0.2) is 0 Å². The van der Waals surface area contributed by atoms with Gasteiger partial charge in [-0.3, -0.25) is 0 Å². The number of carbonyl (C=O) groups is 1. The molecule has 104 valence electrons. The highest BCUT2D eigenvalue weighted by Gasteiger charge is 2.32. The fourth-order valence-corrected chi connectivity index (χ4v) is 3.23. The lowest BCUT2D eigenvalue weighted by Gasteiger charge is -2.27. The zero-order chi connectivity index (χ0) is 14.1. The van der Waals surface area contributed by atoms with E-state index in [1.807, 2.05) is 19.1 Å². The predicted octanol–water partition coefficient (Wildman–Crippen LogP) is 3.92. The summed E-state index contributed by atoms with van der Waals surface area (Å²) in [4.78, 5) is 13.8. The maximum atomic E-state index is 11.5. The first-order valence-electron chi connectivity index (χ1n) is 6.77. The van der Waals surface area contributed by atoms with E-state index in [9.17, 15) is 9.90 Å². The number of carboxylic acids is 1. The fourth-order valence-electron chi connectivity index (χ4n) is 2.57. The molecule has 1 aromatic carbocycles. The van der Waals surface area contributed by atoms with E-state index in [2.05, 4.69) is 21.7 Å². The summed E-state index contributed by atoms with van der Waals surface area (Å²) in [5, 5.41) is 13.6. The molecule has 1 fully saturated rings. The third-order valence-electron chi connectivity index (χ3n) is 3.68. The van der Waals surface area contributed by atoms with Crippen molar-refractivity contribution in [2.24, 2.45) is 0 Å². The Kier molecular flexibility index (Phi) is 3.49. The molecule has 0 radical (unpaired) electrons. The van der Waals surface area contributed by atoms with E-state index in [1.165, 1.54) is 5.56 Å². The van der Waals surface area contributed by atoms with E-state index in [1.54, 1.807) is 17.4 Å². The fraction of sp³-hybridized carbons (Fsp3) is 0.312. The van der Waals surface area contributed by atoms with Gasteiger partial charge >= 0.3 is 5.97 Å².